The molecule has 1 atom stereocenters. The highest BCUT2D eigenvalue weighted by atomic mass is 35.5. The van der Waals surface area contributed by atoms with Crippen LogP contribution < -0.4 is 0 Å². The molecule has 0 aliphatic rings. The van der Waals surface area contributed by atoms with E-state index < -0.39 is 0 Å². The normalized spacial score (nSPS) is 12.2. The van der Waals surface area contributed by atoms with Crippen LogP contribution in [0.15, 0.2) is 66.9 Å². The fraction of sp³-hybridized carbons (Fsp3) is 0.200. The van der Waals surface area contributed by atoms with Gasteiger partial charge in [-0.2, -0.15) is 0 Å². The van der Waals surface area contributed by atoms with E-state index in [0.29, 0.717) is 28.2 Å². The summed E-state index contributed by atoms with van der Waals surface area (Å²) in [5.74, 6) is 0. The van der Waals surface area contributed by atoms with Crippen LogP contribution in [0.1, 0.15) is 28.4 Å². The largest absolute Gasteiger partial charge is 0.367 e. The second-order valence-corrected chi connectivity index (χ2v) is 9.02. The molecule has 1 heterocycles. The minimum absolute atomic E-state index is 0.344. The van der Waals surface area contributed by atoms with Gasteiger partial charge in [0.05, 0.1) is 19.3 Å². The number of hydrogen-bond acceptors (Lipinski definition) is 3. The van der Waals surface area contributed by atoms with Gasteiger partial charge in [0.2, 0.25) is 0 Å². The van der Waals surface area contributed by atoms with Crippen LogP contribution >= 0.6 is 34.8 Å². The maximum atomic E-state index is 6.51. The van der Waals surface area contributed by atoms with Crippen molar-refractivity contribution in [2.45, 2.75) is 33.1 Å². The molecule has 0 saturated carbocycles. The molecule has 0 amide bonds. The van der Waals surface area contributed by atoms with Gasteiger partial charge in [-0.3, -0.25) is 0 Å². The van der Waals surface area contributed by atoms with Gasteiger partial charge >= 0.3 is 0 Å². The summed E-state index contributed by atoms with van der Waals surface area (Å²) in [6.07, 6.45) is 1.59. The van der Waals surface area contributed by atoms with Crippen LogP contribution in [-0.4, -0.2) is 15.0 Å². The fourth-order valence-corrected chi connectivity index (χ4v) is 4.13. The Balaban J connectivity index is 1.59. The van der Waals surface area contributed by atoms with Crippen molar-refractivity contribution >= 4 is 34.8 Å². The molecule has 4 aromatic rings. The Morgan fingerprint density at radius 1 is 0.906 bits per heavy atom. The third-order valence-corrected chi connectivity index (χ3v) is 6.05. The number of aryl methyl sites for hydroxylation is 2. The zero-order valence-electron chi connectivity index (χ0n) is 17.7. The van der Waals surface area contributed by atoms with Crippen molar-refractivity contribution < 1.29 is 4.74 Å². The number of aromatic nitrogens is 3. The van der Waals surface area contributed by atoms with Crippen molar-refractivity contribution in [3.05, 3.63) is 104 Å². The molecule has 4 rings (SSSR count). The Morgan fingerprint density at radius 3 is 2.41 bits per heavy atom. The zero-order valence-corrected chi connectivity index (χ0v) is 20.0. The molecule has 0 fully saturated rings. The van der Waals surface area contributed by atoms with E-state index in [1.54, 1.807) is 10.7 Å². The summed E-state index contributed by atoms with van der Waals surface area (Å²) in [7, 11) is 0. The average molecular weight is 487 g/mol. The smallest absolute Gasteiger partial charge is 0.113 e. The highest BCUT2D eigenvalue weighted by Gasteiger charge is 2.19. The van der Waals surface area contributed by atoms with Crippen LogP contribution in [-0.2, 0) is 17.9 Å². The SMILES string of the molecule is Cc1ccc(C)c(-c2cn(CC(OCc3ccc(Cl)cc3)c3ccc(Cl)cc3Cl)nn2)c1. The van der Waals surface area contributed by atoms with Crippen LogP contribution in [0.5, 0.6) is 0 Å². The summed E-state index contributed by atoms with van der Waals surface area (Å²) in [6.45, 7) is 4.99. The molecule has 1 aromatic heterocycles. The number of halogens is 3. The molecule has 7 heteroatoms. The van der Waals surface area contributed by atoms with Gasteiger partial charge in [-0.1, -0.05) is 75.9 Å². The molecule has 0 radical (unpaired) electrons. The van der Waals surface area contributed by atoms with Gasteiger partial charge in [-0.15, -0.1) is 5.10 Å². The van der Waals surface area contributed by atoms with Crippen molar-refractivity contribution in [1.29, 1.82) is 0 Å². The Morgan fingerprint density at radius 2 is 1.66 bits per heavy atom. The van der Waals surface area contributed by atoms with E-state index in [2.05, 4.69) is 42.4 Å². The first kappa shape index (κ1) is 22.8. The highest BCUT2D eigenvalue weighted by Crippen LogP contribution is 2.31. The summed E-state index contributed by atoms with van der Waals surface area (Å²) < 4.78 is 8.06. The summed E-state index contributed by atoms with van der Waals surface area (Å²) in [5.41, 5.74) is 6.08. The van der Waals surface area contributed by atoms with Crippen molar-refractivity contribution in [2.75, 3.05) is 0 Å². The van der Waals surface area contributed by atoms with Gasteiger partial charge in [0.1, 0.15) is 11.8 Å². The molecule has 32 heavy (non-hydrogen) atoms. The summed E-state index contributed by atoms with van der Waals surface area (Å²) in [4.78, 5) is 0. The van der Waals surface area contributed by atoms with Gasteiger partial charge in [0, 0.05) is 26.2 Å². The van der Waals surface area contributed by atoms with Crippen LogP contribution in [0.3, 0.4) is 0 Å². The minimum Gasteiger partial charge on any atom is -0.367 e. The van der Waals surface area contributed by atoms with E-state index in [0.717, 1.165) is 27.9 Å². The molecule has 0 bridgehead atoms. The van der Waals surface area contributed by atoms with Gasteiger partial charge in [0.25, 0.3) is 0 Å². The molecular formula is C25H22Cl3N3O. The predicted octanol–water partition coefficient (Wildman–Crippen LogP) is 7.48. The Bertz CT molecular complexity index is 1220. The van der Waals surface area contributed by atoms with Crippen LogP contribution in [0, 0.1) is 13.8 Å². The molecule has 0 aliphatic carbocycles. The van der Waals surface area contributed by atoms with E-state index in [9.17, 15) is 0 Å². The number of hydrogen-bond donors (Lipinski definition) is 0. The standard InChI is InChI=1S/C25H22Cl3N3O/c1-16-3-4-17(2)22(11-16)24-13-31(30-29-24)14-25(21-10-9-20(27)12-23(21)28)32-15-18-5-7-19(26)8-6-18/h3-13,25H,14-15H2,1-2H3. The van der Waals surface area contributed by atoms with E-state index in [4.69, 9.17) is 39.5 Å². The fourth-order valence-electron chi connectivity index (χ4n) is 3.47. The number of nitrogens with zero attached hydrogens (tertiary/aromatic N) is 3. The van der Waals surface area contributed by atoms with Crippen molar-refractivity contribution in [1.82, 2.24) is 15.0 Å². The molecule has 1 unspecified atom stereocenters. The Hall–Kier alpha value is -2.37. The van der Waals surface area contributed by atoms with E-state index in [1.807, 2.05) is 42.6 Å². The van der Waals surface area contributed by atoms with Crippen molar-refractivity contribution in [2.24, 2.45) is 0 Å². The predicted molar refractivity (Wildman–Crippen MR) is 130 cm³/mol. The molecular weight excluding hydrogens is 465 g/mol. The first-order valence-corrected chi connectivity index (χ1v) is 11.3. The number of rotatable bonds is 7. The van der Waals surface area contributed by atoms with Crippen molar-refractivity contribution in [3.8, 4) is 11.3 Å². The van der Waals surface area contributed by atoms with E-state index in [-0.39, 0.29) is 6.10 Å². The Kier molecular flexibility index (Phi) is 7.17. The van der Waals surface area contributed by atoms with Crippen molar-refractivity contribution in [3.63, 3.8) is 0 Å². The lowest BCUT2D eigenvalue weighted by Gasteiger charge is -2.20. The second kappa shape index (κ2) is 10.1. The second-order valence-electron chi connectivity index (χ2n) is 7.74. The minimum atomic E-state index is -0.344. The average Bonchev–Trinajstić information content (AvgIpc) is 3.22. The summed E-state index contributed by atoms with van der Waals surface area (Å²) in [5, 5.41) is 10.5. The lowest BCUT2D eigenvalue weighted by atomic mass is 10.0. The molecule has 4 nitrogen and oxygen atoms in total. The maximum Gasteiger partial charge on any atom is 0.113 e. The Labute approximate surface area is 202 Å². The molecule has 0 spiro atoms. The topological polar surface area (TPSA) is 39.9 Å². The van der Waals surface area contributed by atoms with E-state index >= 15 is 0 Å². The van der Waals surface area contributed by atoms with Crippen LogP contribution in [0.4, 0.5) is 0 Å². The highest BCUT2D eigenvalue weighted by molar-refractivity contribution is 6.35. The molecule has 0 saturated heterocycles. The lowest BCUT2D eigenvalue weighted by molar-refractivity contribution is 0.0254. The third-order valence-electron chi connectivity index (χ3n) is 5.23. The molecule has 0 N–H and O–H groups in total. The quantitative estimate of drug-likeness (QED) is 0.272. The summed E-state index contributed by atoms with van der Waals surface area (Å²) >= 11 is 18.6. The van der Waals surface area contributed by atoms with E-state index in [1.165, 1.54) is 5.56 Å². The number of benzene rings is 3. The zero-order chi connectivity index (χ0) is 22.7. The first-order valence-electron chi connectivity index (χ1n) is 10.2. The lowest BCUT2D eigenvalue weighted by Crippen LogP contribution is -2.14. The van der Waals surface area contributed by atoms with Gasteiger partial charge in [0.15, 0.2) is 0 Å². The summed E-state index contributed by atoms with van der Waals surface area (Å²) in [6, 6.07) is 19.3. The number of ether oxygens (including phenoxy) is 1. The van der Waals surface area contributed by atoms with Crippen LogP contribution in [0.2, 0.25) is 15.1 Å². The third kappa shape index (κ3) is 5.51. The van der Waals surface area contributed by atoms with Gasteiger partial charge in [-0.05, 0) is 55.3 Å². The maximum absolute atomic E-state index is 6.51. The monoisotopic (exact) mass is 485 g/mol. The first-order chi connectivity index (χ1) is 15.4. The van der Waals surface area contributed by atoms with Gasteiger partial charge in [-0.25, -0.2) is 4.68 Å². The molecule has 164 valence electrons. The van der Waals surface area contributed by atoms with Crippen LogP contribution in [0.25, 0.3) is 11.3 Å². The molecule has 0 aliphatic heterocycles. The van der Waals surface area contributed by atoms with Gasteiger partial charge < -0.3 is 4.74 Å². The molecule has 3 aromatic carbocycles.